The van der Waals surface area contributed by atoms with Crippen molar-refractivity contribution >= 4 is 21.6 Å². The average Bonchev–Trinajstić information content (AvgIpc) is 2.90. The maximum absolute atomic E-state index is 13.7. The van der Waals surface area contributed by atoms with Gasteiger partial charge in [0.05, 0.1) is 10.6 Å². The highest BCUT2D eigenvalue weighted by Gasteiger charge is 2.28. The van der Waals surface area contributed by atoms with Gasteiger partial charge in [-0.05, 0) is 73.2 Å². The Kier molecular flexibility index (Phi) is 8.41. The summed E-state index contributed by atoms with van der Waals surface area (Å²) in [5.74, 6) is -0.352. The molecule has 0 fully saturated rings. The monoisotopic (exact) mass is 512 g/mol. The van der Waals surface area contributed by atoms with Crippen molar-refractivity contribution in [3.63, 3.8) is 0 Å². The first-order valence-corrected chi connectivity index (χ1v) is 13.8. The second-order valence-corrected chi connectivity index (χ2v) is 11.1. The van der Waals surface area contributed by atoms with Crippen LogP contribution in [0.25, 0.3) is 0 Å². The van der Waals surface area contributed by atoms with Crippen molar-refractivity contribution in [2.24, 2.45) is 0 Å². The molecule has 4 aromatic rings. The van der Waals surface area contributed by atoms with E-state index in [4.69, 9.17) is 0 Å². The van der Waals surface area contributed by atoms with Crippen molar-refractivity contribution in [1.29, 1.82) is 0 Å². The van der Waals surface area contributed by atoms with Gasteiger partial charge in [0, 0.05) is 6.04 Å². The maximum Gasteiger partial charge on any atom is 0.264 e. The van der Waals surface area contributed by atoms with E-state index in [1.54, 1.807) is 36.4 Å². The quantitative estimate of drug-likeness (QED) is 0.306. The SMILES string of the molecule is Cc1ccc(N(CC(=O)NC(Cc2ccccc2)Cc2ccccc2)S(=O)(=O)c2ccccc2)cc1C. The van der Waals surface area contributed by atoms with Crippen LogP contribution in [0.2, 0.25) is 0 Å². The lowest BCUT2D eigenvalue weighted by Crippen LogP contribution is -2.45. The standard InChI is InChI=1S/C31H32N2O3S/c1-24-18-19-29(20-25(24)2)33(37(35,36)30-16-10-5-11-17-30)23-31(34)32-28(21-26-12-6-3-7-13-26)22-27-14-8-4-9-15-27/h3-20,28H,21-23H2,1-2H3,(H,32,34). The molecule has 190 valence electrons. The Balaban J connectivity index is 1.61. The lowest BCUT2D eigenvalue weighted by Gasteiger charge is -2.26. The number of amides is 1. The molecule has 0 bridgehead atoms. The molecule has 0 spiro atoms. The molecule has 0 atom stereocenters. The Morgan fingerprint density at radius 3 is 1.76 bits per heavy atom. The number of hydrogen-bond acceptors (Lipinski definition) is 3. The number of nitrogens with one attached hydrogen (secondary N) is 1. The van der Waals surface area contributed by atoms with Crippen LogP contribution in [0.5, 0.6) is 0 Å². The largest absolute Gasteiger partial charge is 0.351 e. The summed E-state index contributed by atoms with van der Waals surface area (Å²) in [5, 5.41) is 3.12. The van der Waals surface area contributed by atoms with Gasteiger partial charge in [-0.3, -0.25) is 9.10 Å². The molecule has 37 heavy (non-hydrogen) atoms. The summed E-state index contributed by atoms with van der Waals surface area (Å²) < 4.78 is 28.6. The lowest BCUT2D eigenvalue weighted by molar-refractivity contribution is -0.120. The van der Waals surface area contributed by atoms with E-state index in [-0.39, 0.29) is 23.4 Å². The Bertz CT molecular complexity index is 1380. The Morgan fingerprint density at radius 2 is 1.24 bits per heavy atom. The second kappa shape index (κ2) is 11.9. The minimum atomic E-state index is -3.96. The fraction of sp³-hybridized carbons (Fsp3) is 0.194. The van der Waals surface area contributed by atoms with Crippen molar-refractivity contribution in [3.8, 4) is 0 Å². The van der Waals surface area contributed by atoms with E-state index in [1.165, 1.54) is 4.31 Å². The second-order valence-electron chi connectivity index (χ2n) is 9.24. The average molecular weight is 513 g/mol. The molecule has 4 rings (SSSR count). The molecule has 1 N–H and O–H groups in total. The number of nitrogens with zero attached hydrogens (tertiary/aromatic N) is 1. The first-order chi connectivity index (χ1) is 17.8. The first kappa shape index (κ1) is 26.2. The van der Waals surface area contributed by atoms with Gasteiger partial charge < -0.3 is 5.32 Å². The van der Waals surface area contributed by atoms with Gasteiger partial charge in [-0.1, -0.05) is 84.9 Å². The van der Waals surface area contributed by atoms with Crippen LogP contribution in [0.15, 0.2) is 114 Å². The minimum absolute atomic E-state index is 0.145. The fourth-order valence-electron chi connectivity index (χ4n) is 4.29. The summed E-state index contributed by atoms with van der Waals surface area (Å²) >= 11 is 0. The van der Waals surface area contributed by atoms with Gasteiger partial charge in [0.2, 0.25) is 5.91 Å². The molecule has 0 aromatic heterocycles. The maximum atomic E-state index is 13.7. The predicted octanol–water partition coefficient (Wildman–Crippen LogP) is 5.47. The molecule has 5 nitrogen and oxygen atoms in total. The molecule has 0 radical (unpaired) electrons. The zero-order valence-corrected chi connectivity index (χ0v) is 22.0. The van der Waals surface area contributed by atoms with E-state index in [0.29, 0.717) is 18.5 Å². The third-order valence-corrected chi connectivity index (χ3v) is 8.20. The molecular weight excluding hydrogens is 480 g/mol. The number of sulfonamides is 1. The normalized spacial score (nSPS) is 11.3. The molecule has 1 amide bonds. The third kappa shape index (κ3) is 6.86. The molecule has 0 saturated carbocycles. The zero-order valence-electron chi connectivity index (χ0n) is 21.2. The number of benzene rings is 4. The Labute approximate surface area is 219 Å². The van der Waals surface area contributed by atoms with E-state index in [0.717, 1.165) is 22.3 Å². The molecule has 0 heterocycles. The van der Waals surface area contributed by atoms with Crippen LogP contribution < -0.4 is 9.62 Å². The van der Waals surface area contributed by atoms with E-state index >= 15 is 0 Å². The van der Waals surface area contributed by atoms with Gasteiger partial charge in [-0.2, -0.15) is 0 Å². The molecular formula is C31H32N2O3S. The van der Waals surface area contributed by atoms with Crippen molar-refractivity contribution in [2.45, 2.75) is 37.6 Å². The van der Waals surface area contributed by atoms with Gasteiger partial charge in [-0.25, -0.2) is 8.42 Å². The van der Waals surface area contributed by atoms with E-state index < -0.39 is 10.0 Å². The molecule has 6 heteroatoms. The highest BCUT2D eigenvalue weighted by atomic mass is 32.2. The predicted molar refractivity (Wildman–Crippen MR) is 149 cm³/mol. The van der Waals surface area contributed by atoms with E-state index in [2.05, 4.69) is 5.32 Å². The van der Waals surface area contributed by atoms with Crippen LogP contribution in [-0.2, 0) is 27.7 Å². The van der Waals surface area contributed by atoms with Crippen LogP contribution in [0, 0.1) is 13.8 Å². The van der Waals surface area contributed by atoms with Crippen molar-refractivity contribution in [2.75, 3.05) is 10.8 Å². The van der Waals surface area contributed by atoms with Gasteiger partial charge in [0.1, 0.15) is 6.54 Å². The molecule has 0 saturated heterocycles. The van der Waals surface area contributed by atoms with Crippen molar-refractivity contribution < 1.29 is 13.2 Å². The summed E-state index contributed by atoms with van der Waals surface area (Å²) in [6.45, 7) is 3.58. The van der Waals surface area contributed by atoms with Crippen LogP contribution in [0.4, 0.5) is 5.69 Å². The van der Waals surface area contributed by atoms with E-state index in [9.17, 15) is 13.2 Å². The van der Waals surface area contributed by atoms with Crippen molar-refractivity contribution in [3.05, 3.63) is 131 Å². The molecule has 0 aliphatic carbocycles. The minimum Gasteiger partial charge on any atom is -0.351 e. The number of aryl methyl sites for hydroxylation is 2. The lowest BCUT2D eigenvalue weighted by atomic mass is 9.99. The molecule has 0 aliphatic rings. The van der Waals surface area contributed by atoms with Gasteiger partial charge in [0.15, 0.2) is 0 Å². The van der Waals surface area contributed by atoms with Gasteiger partial charge in [-0.15, -0.1) is 0 Å². The highest BCUT2D eigenvalue weighted by Crippen LogP contribution is 2.25. The molecule has 0 unspecified atom stereocenters. The number of rotatable bonds is 10. The molecule has 4 aromatic carbocycles. The summed E-state index contributed by atoms with van der Waals surface area (Å²) in [5.41, 5.74) is 4.68. The Morgan fingerprint density at radius 1 is 0.730 bits per heavy atom. The molecule has 0 aliphatic heterocycles. The van der Waals surface area contributed by atoms with Gasteiger partial charge in [0.25, 0.3) is 10.0 Å². The summed E-state index contributed by atoms with van der Waals surface area (Å²) in [4.78, 5) is 13.6. The summed E-state index contributed by atoms with van der Waals surface area (Å²) in [7, 11) is -3.96. The van der Waals surface area contributed by atoms with E-state index in [1.807, 2.05) is 86.6 Å². The third-order valence-electron chi connectivity index (χ3n) is 6.41. The fourth-order valence-corrected chi connectivity index (χ4v) is 5.72. The van der Waals surface area contributed by atoms with Crippen LogP contribution in [0.3, 0.4) is 0 Å². The van der Waals surface area contributed by atoms with Crippen LogP contribution in [0.1, 0.15) is 22.3 Å². The number of carbonyl (C=O) groups is 1. The first-order valence-electron chi connectivity index (χ1n) is 12.3. The van der Waals surface area contributed by atoms with Crippen LogP contribution in [-0.4, -0.2) is 26.9 Å². The zero-order chi connectivity index (χ0) is 26.3. The van der Waals surface area contributed by atoms with Crippen molar-refractivity contribution in [1.82, 2.24) is 5.32 Å². The smallest absolute Gasteiger partial charge is 0.264 e. The number of hydrogen-bond donors (Lipinski definition) is 1. The number of anilines is 1. The highest BCUT2D eigenvalue weighted by molar-refractivity contribution is 7.92. The topological polar surface area (TPSA) is 66.5 Å². The van der Waals surface area contributed by atoms with Crippen LogP contribution >= 0.6 is 0 Å². The summed E-state index contributed by atoms with van der Waals surface area (Å²) in [6.07, 6.45) is 1.27. The van der Waals surface area contributed by atoms with Gasteiger partial charge >= 0.3 is 0 Å². The summed E-state index contributed by atoms with van der Waals surface area (Å²) in [6, 6.07) is 33.4. The number of carbonyl (C=O) groups excluding carboxylic acids is 1. The Hall–Kier alpha value is -3.90.